The Labute approximate surface area is 112 Å². The Morgan fingerprint density at radius 1 is 1.26 bits per heavy atom. The molecule has 0 spiro atoms. The molecule has 0 amide bonds. The molecule has 0 saturated carbocycles. The Kier molecular flexibility index (Phi) is 6.91. The summed E-state index contributed by atoms with van der Waals surface area (Å²) in [6, 6.07) is 0. The monoisotopic (exact) mass is 270 g/mol. The lowest BCUT2D eigenvalue weighted by molar-refractivity contribution is 0.141. The largest absolute Gasteiger partial charge is 0.391 e. The van der Waals surface area contributed by atoms with Crippen LogP contribution in [0.1, 0.15) is 13.8 Å². The number of aromatic amines is 1. The second kappa shape index (κ2) is 8.49. The van der Waals surface area contributed by atoms with Crippen LogP contribution in [-0.4, -0.2) is 49.5 Å². The zero-order valence-corrected chi connectivity index (χ0v) is 11.5. The first-order chi connectivity index (χ1) is 9.20. The fourth-order valence-corrected chi connectivity index (χ4v) is 1.61. The summed E-state index contributed by atoms with van der Waals surface area (Å²) < 4.78 is 10.6. The molecule has 3 N–H and O–H groups in total. The lowest BCUT2D eigenvalue weighted by atomic mass is 10.4. The number of aromatic nitrogens is 2. The van der Waals surface area contributed by atoms with Gasteiger partial charge in [-0.3, -0.25) is 4.79 Å². The van der Waals surface area contributed by atoms with E-state index in [0.29, 0.717) is 45.3 Å². The number of nitrogens with two attached hydrogens (primary N) is 1. The van der Waals surface area contributed by atoms with E-state index in [9.17, 15) is 4.79 Å². The van der Waals surface area contributed by atoms with Crippen LogP contribution in [-0.2, 0) is 9.47 Å². The minimum Gasteiger partial charge on any atom is -0.391 e. The second-order valence-electron chi connectivity index (χ2n) is 3.85. The molecule has 0 aromatic carbocycles. The van der Waals surface area contributed by atoms with Gasteiger partial charge in [0.05, 0.1) is 19.5 Å². The van der Waals surface area contributed by atoms with Gasteiger partial charge in [0.15, 0.2) is 5.82 Å². The van der Waals surface area contributed by atoms with E-state index in [1.54, 1.807) is 0 Å². The highest BCUT2D eigenvalue weighted by Gasteiger charge is 2.13. The predicted molar refractivity (Wildman–Crippen MR) is 74.5 cm³/mol. The zero-order valence-electron chi connectivity index (χ0n) is 11.5. The SMILES string of the molecule is CCOCCN(CCOCC)c1nc[nH]c(=O)c1N. The van der Waals surface area contributed by atoms with Crippen LogP contribution in [0.2, 0.25) is 0 Å². The smallest absolute Gasteiger partial charge is 0.276 e. The Morgan fingerprint density at radius 3 is 2.37 bits per heavy atom. The van der Waals surface area contributed by atoms with Crippen LogP contribution in [0.25, 0.3) is 0 Å². The predicted octanol–water partition coefficient (Wildman–Crippen LogP) is 0.232. The lowest BCUT2D eigenvalue weighted by Gasteiger charge is -2.24. The number of ether oxygens (including phenoxy) is 2. The molecule has 0 aliphatic carbocycles. The molecule has 1 aromatic rings. The minimum absolute atomic E-state index is 0.121. The molecular weight excluding hydrogens is 248 g/mol. The number of anilines is 2. The van der Waals surface area contributed by atoms with Crippen molar-refractivity contribution in [1.29, 1.82) is 0 Å². The second-order valence-corrected chi connectivity index (χ2v) is 3.85. The molecule has 1 rings (SSSR count). The number of rotatable bonds is 9. The summed E-state index contributed by atoms with van der Waals surface area (Å²) in [4.78, 5) is 20.0. The summed E-state index contributed by atoms with van der Waals surface area (Å²) in [5, 5.41) is 0. The fraction of sp³-hybridized carbons (Fsp3) is 0.667. The van der Waals surface area contributed by atoms with Gasteiger partial charge in [0.2, 0.25) is 0 Å². The first-order valence-electron chi connectivity index (χ1n) is 6.44. The number of hydrogen-bond donors (Lipinski definition) is 2. The molecule has 1 aromatic heterocycles. The van der Waals surface area contributed by atoms with Crippen LogP contribution in [0.3, 0.4) is 0 Å². The van der Waals surface area contributed by atoms with Crippen molar-refractivity contribution in [1.82, 2.24) is 9.97 Å². The third kappa shape index (κ3) is 4.88. The molecule has 7 heteroatoms. The molecule has 0 unspecified atom stereocenters. The van der Waals surface area contributed by atoms with Crippen LogP contribution in [0, 0.1) is 0 Å². The standard InChI is InChI=1S/C12H22N4O3/c1-3-18-7-5-16(6-8-19-4-2)11-10(13)12(17)15-9-14-11/h9H,3-8,13H2,1-2H3,(H,14,15,17). The molecular formula is C12H22N4O3. The third-order valence-corrected chi connectivity index (χ3v) is 2.59. The summed E-state index contributed by atoms with van der Waals surface area (Å²) in [7, 11) is 0. The van der Waals surface area contributed by atoms with Crippen LogP contribution >= 0.6 is 0 Å². The minimum atomic E-state index is -0.331. The average Bonchev–Trinajstić information content (AvgIpc) is 2.41. The van der Waals surface area contributed by atoms with E-state index in [1.165, 1.54) is 6.33 Å². The maximum atomic E-state index is 11.5. The molecule has 0 aliphatic rings. The summed E-state index contributed by atoms with van der Waals surface area (Å²) >= 11 is 0. The quantitative estimate of drug-likeness (QED) is 0.624. The van der Waals surface area contributed by atoms with Crippen molar-refractivity contribution in [3.8, 4) is 0 Å². The van der Waals surface area contributed by atoms with Gasteiger partial charge in [0, 0.05) is 26.3 Å². The van der Waals surface area contributed by atoms with Crippen molar-refractivity contribution < 1.29 is 9.47 Å². The van der Waals surface area contributed by atoms with Crippen molar-refractivity contribution in [2.45, 2.75) is 13.8 Å². The first-order valence-corrected chi connectivity index (χ1v) is 6.44. The van der Waals surface area contributed by atoms with Gasteiger partial charge in [-0.2, -0.15) is 0 Å². The van der Waals surface area contributed by atoms with Gasteiger partial charge in [-0.25, -0.2) is 4.98 Å². The molecule has 19 heavy (non-hydrogen) atoms. The molecule has 0 bridgehead atoms. The molecule has 0 saturated heterocycles. The third-order valence-electron chi connectivity index (χ3n) is 2.59. The van der Waals surface area contributed by atoms with Crippen LogP contribution in [0.4, 0.5) is 11.5 Å². The Balaban J connectivity index is 2.75. The molecule has 0 radical (unpaired) electrons. The molecule has 0 atom stereocenters. The first kappa shape index (κ1) is 15.5. The van der Waals surface area contributed by atoms with Gasteiger partial charge in [-0.05, 0) is 13.8 Å². The van der Waals surface area contributed by atoms with Crippen molar-refractivity contribution in [3.05, 3.63) is 16.7 Å². The summed E-state index contributed by atoms with van der Waals surface area (Å²) in [6.45, 7) is 7.50. The summed E-state index contributed by atoms with van der Waals surface area (Å²) in [6.07, 6.45) is 1.35. The van der Waals surface area contributed by atoms with E-state index in [0.717, 1.165) is 0 Å². The fourth-order valence-electron chi connectivity index (χ4n) is 1.61. The molecule has 108 valence electrons. The lowest BCUT2D eigenvalue weighted by Crippen LogP contribution is -2.34. The zero-order chi connectivity index (χ0) is 14.1. The summed E-state index contributed by atoms with van der Waals surface area (Å²) in [5.74, 6) is 0.475. The molecule has 0 aliphatic heterocycles. The average molecular weight is 270 g/mol. The van der Waals surface area contributed by atoms with Crippen LogP contribution in [0.15, 0.2) is 11.1 Å². The Bertz CT molecular complexity index is 412. The van der Waals surface area contributed by atoms with E-state index in [-0.39, 0.29) is 11.2 Å². The van der Waals surface area contributed by atoms with Crippen LogP contribution in [0.5, 0.6) is 0 Å². The van der Waals surface area contributed by atoms with Crippen molar-refractivity contribution in [3.63, 3.8) is 0 Å². The Morgan fingerprint density at radius 2 is 1.84 bits per heavy atom. The van der Waals surface area contributed by atoms with E-state index in [4.69, 9.17) is 15.2 Å². The normalized spacial score (nSPS) is 10.6. The summed E-state index contributed by atoms with van der Waals surface area (Å²) in [5.41, 5.74) is 5.55. The molecule has 1 heterocycles. The van der Waals surface area contributed by atoms with Crippen LogP contribution < -0.4 is 16.2 Å². The maximum absolute atomic E-state index is 11.5. The van der Waals surface area contributed by atoms with Crippen molar-refractivity contribution in [2.24, 2.45) is 0 Å². The molecule has 0 fully saturated rings. The number of nitrogens with zero attached hydrogens (tertiary/aromatic N) is 2. The topological polar surface area (TPSA) is 93.5 Å². The van der Waals surface area contributed by atoms with E-state index in [2.05, 4.69) is 9.97 Å². The van der Waals surface area contributed by atoms with Crippen molar-refractivity contribution in [2.75, 3.05) is 50.2 Å². The highest BCUT2D eigenvalue weighted by atomic mass is 16.5. The maximum Gasteiger partial charge on any atom is 0.276 e. The van der Waals surface area contributed by atoms with Crippen molar-refractivity contribution >= 4 is 11.5 Å². The van der Waals surface area contributed by atoms with E-state index in [1.807, 2.05) is 18.7 Å². The Hall–Kier alpha value is -1.60. The molecule has 7 nitrogen and oxygen atoms in total. The van der Waals surface area contributed by atoms with Gasteiger partial charge >= 0.3 is 0 Å². The van der Waals surface area contributed by atoms with Gasteiger partial charge < -0.3 is 25.1 Å². The number of nitrogen functional groups attached to an aromatic ring is 1. The number of nitrogens with one attached hydrogen (secondary N) is 1. The number of hydrogen-bond acceptors (Lipinski definition) is 6. The van der Waals surface area contributed by atoms with E-state index < -0.39 is 0 Å². The van der Waals surface area contributed by atoms with E-state index >= 15 is 0 Å². The van der Waals surface area contributed by atoms with Gasteiger partial charge in [0.1, 0.15) is 5.69 Å². The highest BCUT2D eigenvalue weighted by Crippen LogP contribution is 2.14. The van der Waals surface area contributed by atoms with Gasteiger partial charge in [0.25, 0.3) is 5.56 Å². The van der Waals surface area contributed by atoms with Gasteiger partial charge in [-0.1, -0.05) is 0 Å². The van der Waals surface area contributed by atoms with Gasteiger partial charge in [-0.15, -0.1) is 0 Å². The highest BCUT2D eigenvalue weighted by molar-refractivity contribution is 5.60. The number of H-pyrrole nitrogens is 1.